The fourth-order valence-electron chi connectivity index (χ4n) is 1.72. The molecule has 0 heterocycles. The summed E-state index contributed by atoms with van der Waals surface area (Å²) in [6, 6.07) is 3.93. The van der Waals surface area contributed by atoms with E-state index in [4.69, 9.17) is 14.7 Å². The van der Waals surface area contributed by atoms with Gasteiger partial charge in [-0.15, -0.1) is 0 Å². The van der Waals surface area contributed by atoms with Gasteiger partial charge in [-0.25, -0.2) is 13.9 Å². The molecule has 0 saturated carbocycles. The summed E-state index contributed by atoms with van der Waals surface area (Å²) in [6.07, 6.45) is 0.0297. The number of nitrogens with one attached hydrogen (secondary N) is 2. The van der Waals surface area contributed by atoms with Gasteiger partial charge in [0, 0.05) is 0 Å². The summed E-state index contributed by atoms with van der Waals surface area (Å²) < 4.78 is 36.4. The molecular weight excluding hydrogens is 340 g/mol. The van der Waals surface area contributed by atoms with Crippen LogP contribution in [0.5, 0.6) is 5.75 Å². The second kappa shape index (κ2) is 9.21. The maximum atomic E-state index is 12.3. The van der Waals surface area contributed by atoms with Crippen molar-refractivity contribution in [2.45, 2.75) is 30.7 Å². The molecule has 0 radical (unpaired) electrons. The van der Waals surface area contributed by atoms with Gasteiger partial charge in [-0.2, -0.15) is 4.72 Å². The Morgan fingerprint density at radius 3 is 2.38 bits per heavy atom. The molecule has 0 saturated heterocycles. The molecule has 0 aliphatic rings. The summed E-state index contributed by atoms with van der Waals surface area (Å²) in [5.74, 6) is -1.37. The SMILES string of the molecule is CCCOC(=O)C[C@@H](NS(=O)(=O)c1ccc(OC)cc1)C(=O)NO. The van der Waals surface area contributed by atoms with Crippen LogP contribution in [0.4, 0.5) is 0 Å². The van der Waals surface area contributed by atoms with Gasteiger partial charge in [-0.1, -0.05) is 6.92 Å². The molecule has 0 aliphatic carbocycles. The summed E-state index contributed by atoms with van der Waals surface area (Å²) >= 11 is 0. The molecule has 0 aliphatic heterocycles. The molecule has 134 valence electrons. The van der Waals surface area contributed by atoms with Gasteiger partial charge in [0.05, 0.1) is 25.0 Å². The standard InChI is InChI=1S/C14H20N2O7S/c1-3-8-23-13(17)9-12(14(18)15-19)16-24(20,21)11-6-4-10(22-2)5-7-11/h4-7,12,16,19H,3,8-9H2,1-2H3,(H,15,18)/t12-/m1/s1. The van der Waals surface area contributed by atoms with Crippen molar-refractivity contribution in [3.63, 3.8) is 0 Å². The van der Waals surface area contributed by atoms with E-state index < -0.39 is 34.4 Å². The predicted octanol–water partition coefficient (Wildman–Crippen LogP) is 0.191. The molecule has 10 heteroatoms. The number of hydroxylamine groups is 1. The number of ether oxygens (including phenoxy) is 2. The maximum absolute atomic E-state index is 12.3. The Labute approximate surface area is 140 Å². The van der Waals surface area contributed by atoms with E-state index in [9.17, 15) is 18.0 Å². The molecular formula is C14H20N2O7S. The number of methoxy groups -OCH3 is 1. The van der Waals surface area contributed by atoms with Gasteiger partial charge in [0.25, 0.3) is 5.91 Å². The third kappa shape index (κ3) is 5.80. The molecule has 0 aromatic heterocycles. The second-order valence-corrected chi connectivity index (χ2v) is 6.46. The molecule has 0 unspecified atom stereocenters. The van der Waals surface area contributed by atoms with Crippen molar-refractivity contribution in [1.82, 2.24) is 10.2 Å². The van der Waals surface area contributed by atoms with Gasteiger partial charge in [0.15, 0.2) is 0 Å². The molecule has 0 fully saturated rings. The lowest BCUT2D eigenvalue weighted by atomic mass is 10.2. The van der Waals surface area contributed by atoms with Crippen LogP contribution in [-0.2, 0) is 24.3 Å². The van der Waals surface area contributed by atoms with Gasteiger partial charge in [-0.3, -0.25) is 14.8 Å². The molecule has 3 N–H and O–H groups in total. The van der Waals surface area contributed by atoms with E-state index >= 15 is 0 Å². The Balaban J connectivity index is 2.90. The monoisotopic (exact) mass is 360 g/mol. The second-order valence-electron chi connectivity index (χ2n) is 4.75. The van der Waals surface area contributed by atoms with Gasteiger partial charge in [0.1, 0.15) is 11.8 Å². The Morgan fingerprint density at radius 2 is 1.88 bits per heavy atom. The molecule has 1 aromatic rings. The first-order chi connectivity index (χ1) is 11.3. The van der Waals surface area contributed by atoms with Gasteiger partial charge < -0.3 is 9.47 Å². The smallest absolute Gasteiger partial charge is 0.307 e. The highest BCUT2D eigenvalue weighted by Gasteiger charge is 2.28. The van der Waals surface area contributed by atoms with E-state index in [1.807, 2.05) is 0 Å². The van der Waals surface area contributed by atoms with Gasteiger partial charge in [0.2, 0.25) is 10.0 Å². The van der Waals surface area contributed by atoms with Crippen LogP contribution in [-0.4, -0.2) is 45.3 Å². The first-order valence-electron chi connectivity index (χ1n) is 7.10. The summed E-state index contributed by atoms with van der Waals surface area (Å²) in [7, 11) is -2.66. The van der Waals surface area contributed by atoms with Crippen LogP contribution >= 0.6 is 0 Å². The van der Waals surface area contributed by atoms with Crippen LogP contribution in [0, 0.1) is 0 Å². The molecule has 24 heavy (non-hydrogen) atoms. The zero-order valence-corrected chi connectivity index (χ0v) is 14.1. The Kier molecular flexibility index (Phi) is 7.62. The highest BCUT2D eigenvalue weighted by atomic mass is 32.2. The lowest BCUT2D eigenvalue weighted by molar-refractivity contribution is -0.146. The first kappa shape index (κ1) is 19.9. The van der Waals surface area contributed by atoms with Crippen LogP contribution < -0.4 is 14.9 Å². The third-order valence-corrected chi connectivity index (χ3v) is 4.42. The molecule has 1 aromatic carbocycles. The molecule has 1 rings (SSSR count). The van der Waals surface area contributed by atoms with E-state index in [0.29, 0.717) is 12.2 Å². The van der Waals surface area contributed by atoms with E-state index in [1.165, 1.54) is 36.9 Å². The van der Waals surface area contributed by atoms with Crippen molar-refractivity contribution in [2.24, 2.45) is 0 Å². The topological polar surface area (TPSA) is 131 Å². The highest BCUT2D eigenvalue weighted by Crippen LogP contribution is 2.16. The molecule has 1 atom stereocenters. The number of carbonyl (C=O) groups is 2. The van der Waals surface area contributed by atoms with Crippen molar-refractivity contribution in [1.29, 1.82) is 0 Å². The Morgan fingerprint density at radius 1 is 1.25 bits per heavy atom. The number of hydrogen-bond donors (Lipinski definition) is 3. The predicted molar refractivity (Wildman–Crippen MR) is 82.9 cm³/mol. The minimum absolute atomic E-state index is 0.124. The molecule has 1 amide bonds. The lowest BCUT2D eigenvalue weighted by Crippen LogP contribution is -2.47. The highest BCUT2D eigenvalue weighted by molar-refractivity contribution is 7.89. The Bertz CT molecular complexity index is 658. The van der Waals surface area contributed by atoms with E-state index in [1.54, 1.807) is 6.92 Å². The van der Waals surface area contributed by atoms with Crippen molar-refractivity contribution in [3.05, 3.63) is 24.3 Å². The number of amides is 1. The van der Waals surface area contributed by atoms with Crippen LogP contribution in [0.2, 0.25) is 0 Å². The van der Waals surface area contributed by atoms with Crippen LogP contribution in [0.25, 0.3) is 0 Å². The average molecular weight is 360 g/mol. The third-order valence-electron chi connectivity index (χ3n) is 2.93. The van der Waals surface area contributed by atoms with Gasteiger partial charge >= 0.3 is 5.97 Å². The zero-order valence-electron chi connectivity index (χ0n) is 13.3. The lowest BCUT2D eigenvalue weighted by Gasteiger charge is -2.16. The number of rotatable bonds is 9. The minimum atomic E-state index is -4.09. The van der Waals surface area contributed by atoms with Crippen LogP contribution in [0.15, 0.2) is 29.2 Å². The summed E-state index contributed by atoms with van der Waals surface area (Å²) in [6.45, 7) is 1.94. The van der Waals surface area contributed by atoms with Crippen LogP contribution in [0.1, 0.15) is 19.8 Å². The van der Waals surface area contributed by atoms with Crippen molar-refractivity contribution < 1.29 is 32.7 Å². The number of esters is 1. The normalized spacial score (nSPS) is 12.3. The van der Waals surface area contributed by atoms with Crippen molar-refractivity contribution >= 4 is 21.9 Å². The fourth-order valence-corrected chi connectivity index (χ4v) is 2.91. The van der Waals surface area contributed by atoms with Gasteiger partial charge in [-0.05, 0) is 30.7 Å². The zero-order chi connectivity index (χ0) is 18.2. The first-order valence-corrected chi connectivity index (χ1v) is 8.58. The number of hydrogen-bond acceptors (Lipinski definition) is 7. The number of carbonyl (C=O) groups excluding carboxylic acids is 2. The summed E-state index contributed by atoms with van der Waals surface area (Å²) in [5, 5.41) is 8.73. The maximum Gasteiger partial charge on any atom is 0.307 e. The van der Waals surface area contributed by atoms with Crippen LogP contribution in [0.3, 0.4) is 0 Å². The number of sulfonamides is 1. The Hall–Kier alpha value is -2.17. The van der Waals surface area contributed by atoms with E-state index in [2.05, 4.69) is 4.72 Å². The van der Waals surface area contributed by atoms with Crippen molar-refractivity contribution in [3.8, 4) is 5.75 Å². The molecule has 0 bridgehead atoms. The molecule has 0 spiro atoms. The van der Waals surface area contributed by atoms with Crippen molar-refractivity contribution in [2.75, 3.05) is 13.7 Å². The largest absolute Gasteiger partial charge is 0.497 e. The fraction of sp³-hybridized carbons (Fsp3) is 0.429. The number of benzene rings is 1. The average Bonchev–Trinajstić information content (AvgIpc) is 2.58. The summed E-state index contributed by atoms with van der Waals surface area (Å²) in [4.78, 5) is 23.1. The van der Waals surface area contributed by atoms with E-state index in [0.717, 1.165) is 0 Å². The minimum Gasteiger partial charge on any atom is -0.497 e. The quantitative estimate of drug-likeness (QED) is 0.325. The van der Waals surface area contributed by atoms with E-state index in [-0.39, 0.29) is 11.5 Å². The summed E-state index contributed by atoms with van der Waals surface area (Å²) in [5.41, 5.74) is 1.33. The molecule has 9 nitrogen and oxygen atoms in total.